The Hall–Kier alpha value is -0.520. The van der Waals surface area contributed by atoms with Crippen molar-refractivity contribution in [2.24, 2.45) is 10.8 Å². The minimum atomic E-state index is 0. The minimum Gasteiger partial charge on any atom is -0.0996 e. The van der Waals surface area contributed by atoms with E-state index in [4.69, 9.17) is 0 Å². The highest BCUT2D eigenvalue weighted by molar-refractivity contribution is 5.03. The van der Waals surface area contributed by atoms with Crippen molar-refractivity contribution in [3.05, 3.63) is 24.3 Å². The van der Waals surface area contributed by atoms with Gasteiger partial charge in [-0.1, -0.05) is 115 Å². The van der Waals surface area contributed by atoms with Crippen LogP contribution in [0.25, 0.3) is 0 Å². The van der Waals surface area contributed by atoms with Gasteiger partial charge in [0.2, 0.25) is 0 Å². The van der Waals surface area contributed by atoms with Crippen LogP contribution < -0.4 is 0 Å². The van der Waals surface area contributed by atoms with Gasteiger partial charge in [0.15, 0.2) is 0 Å². The Morgan fingerprint density at radius 1 is 0.773 bits per heavy atom. The van der Waals surface area contributed by atoms with E-state index >= 15 is 0 Å². The molecule has 0 aliphatic heterocycles. The molecule has 0 saturated heterocycles. The molecule has 140 valence electrons. The molecule has 0 atom stereocenters. The van der Waals surface area contributed by atoms with E-state index in [0.29, 0.717) is 10.8 Å². The van der Waals surface area contributed by atoms with Crippen LogP contribution in [0.1, 0.15) is 111 Å². The third kappa shape index (κ3) is 24.5. The van der Waals surface area contributed by atoms with Gasteiger partial charge in [0.25, 0.3) is 0 Å². The van der Waals surface area contributed by atoms with Crippen molar-refractivity contribution in [2.45, 2.75) is 111 Å². The van der Waals surface area contributed by atoms with Gasteiger partial charge in [0, 0.05) is 0 Å². The minimum absolute atomic E-state index is 0. The third-order valence-corrected chi connectivity index (χ3v) is 3.53. The van der Waals surface area contributed by atoms with Gasteiger partial charge in [-0.3, -0.25) is 0 Å². The lowest BCUT2D eigenvalue weighted by molar-refractivity contribution is 0.431. The largest absolute Gasteiger partial charge is 0.0996 e. The molecule has 0 nitrogen and oxygen atoms in total. The number of hydrogen-bond donors (Lipinski definition) is 0. The maximum atomic E-state index is 3.94. The molecule has 0 aromatic rings. The van der Waals surface area contributed by atoms with Crippen LogP contribution in [0.3, 0.4) is 0 Å². The molecule has 0 radical (unpaired) electrons. The Labute approximate surface area is 146 Å². The summed E-state index contributed by atoms with van der Waals surface area (Å²) in [6.07, 6.45) is 2.28. The fourth-order valence-corrected chi connectivity index (χ4v) is 0.832. The van der Waals surface area contributed by atoms with Crippen LogP contribution in [-0.2, 0) is 0 Å². The summed E-state index contributed by atoms with van der Waals surface area (Å²) in [5, 5.41) is 0. The lowest BCUT2D eigenvalue weighted by Crippen LogP contribution is -2.09. The second-order valence-corrected chi connectivity index (χ2v) is 6.22. The summed E-state index contributed by atoms with van der Waals surface area (Å²) < 4.78 is 0. The highest BCUT2D eigenvalue weighted by Crippen LogP contribution is 2.27. The maximum Gasteiger partial charge on any atom is -0.0153 e. The fraction of sp³-hybridized carbons (Fsp3) is 0.818. The van der Waals surface area contributed by atoms with Crippen molar-refractivity contribution in [3.8, 4) is 0 Å². The standard InChI is InChI=1S/2C8H16.2C2H6.2CH4/c1-6-7(2)8(3,4)5;1-6-8(4,5)7(2)3;2*1-2;;/h2*2,6H2,1,3-5H3;2*1-2H3;2*1H4. The van der Waals surface area contributed by atoms with Crippen LogP contribution >= 0.6 is 0 Å². The summed E-state index contributed by atoms with van der Waals surface area (Å²) in [6.45, 7) is 33.3. The molecule has 0 spiro atoms. The van der Waals surface area contributed by atoms with Crippen molar-refractivity contribution >= 4 is 0 Å². The summed E-state index contributed by atoms with van der Waals surface area (Å²) in [5.41, 5.74) is 3.27. The Balaban J connectivity index is -0.0000000440. The topological polar surface area (TPSA) is 0 Å². The third-order valence-electron chi connectivity index (χ3n) is 3.53. The molecule has 0 aliphatic rings. The second kappa shape index (κ2) is 20.5. The number of allylic oxidation sites excluding steroid dienone is 2. The first-order valence-corrected chi connectivity index (χ1v) is 8.33. The first-order valence-electron chi connectivity index (χ1n) is 8.33. The summed E-state index contributed by atoms with van der Waals surface area (Å²) in [5.74, 6) is 0. The van der Waals surface area contributed by atoms with Gasteiger partial charge < -0.3 is 0 Å². The lowest BCUT2D eigenvalue weighted by Gasteiger charge is -2.22. The van der Waals surface area contributed by atoms with Crippen LogP contribution in [0.5, 0.6) is 0 Å². The smallest absolute Gasteiger partial charge is 0.0153 e. The van der Waals surface area contributed by atoms with Gasteiger partial charge in [-0.2, -0.15) is 0 Å². The van der Waals surface area contributed by atoms with Crippen LogP contribution in [-0.4, -0.2) is 0 Å². The van der Waals surface area contributed by atoms with Gasteiger partial charge >= 0.3 is 0 Å². The van der Waals surface area contributed by atoms with E-state index in [0.717, 1.165) is 6.42 Å². The molecule has 0 aromatic carbocycles. The van der Waals surface area contributed by atoms with E-state index in [-0.39, 0.29) is 14.9 Å². The predicted octanol–water partition coefficient (Wildman–Crippen LogP) is 9.32. The zero-order valence-electron chi connectivity index (χ0n) is 16.8. The molecular formula is C22H52. The highest BCUT2D eigenvalue weighted by Gasteiger charge is 2.14. The highest BCUT2D eigenvalue weighted by atomic mass is 14.2. The van der Waals surface area contributed by atoms with Crippen molar-refractivity contribution < 1.29 is 0 Å². The Morgan fingerprint density at radius 2 is 1.05 bits per heavy atom. The van der Waals surface area contributed by atoms with Crippen molar-refractivity contribution in [2.75, 3.05) is 0 Å². The first-order chi connectivity index (χ1) is 8.99. The zero-order chi connectivity index (χ0) is 17.6. The average molecular weight is 317 g/mol. The molecule has 0 fully saturated rings. The van der Waals surface area contributed by atoms with E-state index in [1.54, 1.807) is 0 Å². The van der Waals surface area contributed by atoms with Crippen LogP contribution in [0.15, 0.2) is 24.3 Å². The van der Waals surface area contributed by atoms with E-state index < -0.39 is 0 Å². The van der Waals surface area contributed by atoms with Gasteiger partial charge in [0.05, 0.1) is 0 Å². The first kappa shape index (κ1) is 37.6. The van der Waals surface area contributed by atoms with Crippen LogP contribution in [0, 0.1) is 10.8 Å². The number of hydrogen-bond acceptors (Lipinski definition) is 0. The van der Waals surface area contributed by atoms with Gasteiger partial charge in [-0.25, -0.2) is 0 Å². The quantitative estimate of drug-likeness (QED) is 0.455. The molecule has 0 bridgehead atoms. The van der Waals surface area contributed by atoms with E-state index in [1.165, 1.54) is 17.6 Å². The Kier molecular flexibility index (Phi) is 35.0. The van der Waals surface area contributed by atoms with Crippen molar-refractivity contribution in [3.63, 3.8) is 0 Å². The monoisotopic (exact) mass is 316 g/mol. The maximum absolute atomic E-state index is 3.94. The normalized spacial score (nSPS) is 8.91. The SMILES string of the molecule is C.C.C=C(C)C(C)(C)CC.C=C(CC)C(C)(C)C.CC.CC. The van der Waals surface area contributed by atoms with Gasteiger partial charge in [0.1, 0.15) is 0 Å². The van der Waals surface area contributed by atoms with Crippen LogP contribution in [0.4, 0.5) is 0 Å². The molecule has 22 heavy (non-hydrogen) atoms. The van der Waals surface area contributed by atoms with Crippen molar-refractivity contribution in [1.82, 2.24) is 0 Å². The average Bonchev–Trinajstić information content (AvgIpc) is 2.41. The summed E-state index contributed by atoms with van der Waals surface area (Å²) in [6, 6.07) is 0. The number of rotatable bonds is 3. The van der Waals surface area contributed by atoms with E-state index in [9.17, 15) is 0 Å². The Bertz CT molecular complexity index is 223. The second-order valence-electron chi connectivity index (χ2n) is 6.22. The van der Waals surface area contributed by atoms with Gasteiger partial charge in [-0.05, 0) is 30.6 Å². The molecule has 0 aliphatic carbocycles. The summed E-state index contributed by atoms with van der Waals surface area (Å²) in [4.78, 5) is 0. The van der Waals surface area contributed by atoms with Gasteiger partial charge in [-0.15, -0.1) is 0 Å². The zero-order valence-corrected chi connectivity index (χ0v) is 16.8. The molecule has 0 unspecified atom stereocenters. The Morgan fingerprint density at radius 3 is 1.05 bits per heavy atom. The predicted molar refractivity (Wildman–Crippen MR) is 114 cm³/mol. The fourth-order valence-electron chi connectivity index (χ4n) is 0.832. The molecule has 0 heteroatoms. The molecular weight excluding hydrogens is 264 g/mol. The lowest BCUT2D eigenvalue weighted by atomic mass is 9.84. The summed E-state index contributed by atoms with van der Waals surface area (Å²) in [7, 11) is 0. The molecule has 0 amide bonds. The van der Waals surface area contributed by atoms with E-state index in [2.05, 4.69) is 68.5 Å². The summed E-state index contributed by atoms with van der Waals surface area (Å²) >= 11 is 0. The molecule has 0 rings (SSSR count). The molecule has 0 saturated carbocycles. The van der Waals surface area contributed by atoms with Crippen LogP contribution in [0.2, 0.25) is 0 Å². The van der Waals surface area contributed by atoms with E-state index in [1.807, 2.05) is 27.7 Å². The van der Waals surface area contributed by atoms with Crippen molar-refractivity contribution in [1.29, 1.82) is 0 Å². The molecule has 0 heterocycles. The molecule has 0 aromatic heterocycles. The molecule has 0 N–H and O–H groups in total.